The first-order chi connectivity index (χ1) is 18.0. The Morgan fingerprint density at radius 2 is 1.37 bits per heavy atom. The molecule has 1 saturated carbocycles. The van der Waals surface area contributed by atoms with Gasteiger partial charge in [-0.05, 0) is 60.4 Å². The smallest absolute Gasteiger partial charge is 0.416 e. The van der Waals surface area contributed by atoms with E-state index in [0.717, 1.165) is 46.8 Å². The molecule has 0 unspecified atom stereocenters. The van der Waals surface area contributed by atoms with Crippen LogP contribution in [0.25, 0.3) is 10.2 Å². The number of benzene rings is 3. The summed E-state index contributed by atoms with van der Waals surface area (Å²) in [4.78, 5) is 17.7. The molecule has 0 bridgehead atoms. The summed E-state index contributed by atoms with van der Waals surface area (Å²) in [6.45, 7) is -0.384. The van der Waals surface area contributed by atoms with Gasteiger partial charge in [0.2, 0.25) is 0 Å². The molecule has 0 saturated heterocycles. The van der Waals surface area contributed by atoms with Gasteiger partial charge in [0.1, 0.15) is 24.3 Å². The number of ether oxygens (including phenoxy) is 2. The number of hydrogen-bond donors (Lipinski definition) is 0. The van der Waals surface area contributed by atoms with E-state index in [4.69, 9.17) is 9.47 Å². The highest BCUT2D eigenvalue weighted by molar-refractivity contribution is 7.18. The molecule has 1 aliphatic rings. The Balaban J connectivity index is 1.37. The molecule has 11 heteroatoms. The lowest BCUT2D eigenvalue weighted by Gasteiger charge is -2.13. The lowest BCUT2D eigenvalue weighted by atomic mass is 10.1. The van der Waals surface area contributed by atoms with Gasteiger partial charge in [0, 0.05) is 5.92 Å². The Morgan fingerprint density at radius 1 is 0.816 bits per heavy atom. The molecule has 1 heterocycles. The predicted octanol–water partition coefficient (Wildman–Crippen LogP) is 8.15. The zero-order valence-corrected chi connectivity index (χ0v) is 20.3. The minimum atomic E-state index is -4.48. The molecule has 198 valence electrons. The largest absolute Gasteiger partial charge is 0.486 e. The molecule has 5 rings (SSSR count). The van der Waals surface area contributed by atoms with Crippen LogP contribution in [-0.4, -0.2) is 11.0 Å². The van der Waals surface area contributed by atoms with Crippen LogP contribution in [0.4, 0.5) is 26.3 Å². The second-order valence-corrected chi connectivity index (χ2v) is 9.93. The van der Waals surface area contributed by atoms with Gasteiger partial charge in [-0.15, -0.1) is 11.3 Å². The maximum absolute atomic E-state index is 13.0. The molecule has 3 aromatic carbocycles. The van der Waals surface area contributed by atoms with Crippen molar-refractivity contribution >= 4 is 27.5 Å². The maximum Gasteiger partial charge on any atom is 0.416 e. The van der Waals surface area contributed by atoms with Crippen LogP contribution in [0.1, 0.15) is 56.4 Å². The SMILES string of the molecule is O=C(OCc1ccc(C(F)(F)F)cc1)c1ccc2sc(C3CC3)nc2c1OCc1ccc(C(F)(F)F)cc1. The first kappa shape index (κ1) is 26.0. The summed E-state index contributed by atoms with van der Waals surface area (Å²) >= 11 is 1.48. The summed E-state index contributed by atoms with van der Waals surface area (Å²) in [6, 6.07) is 12.0. The Kier molecular flexibility index (Phi) is 6.81. The third-order valence-electron chi connectivity index (χ3n) is 5.99. The lowest BCUT2D eigenvalue weighted by molar-refractivity contribution is -0.138. The highest BCUT2D eigenvalue weighted by Crippen LogP contribution is 2.45. The molecule has 4 aromatic rings. The highest BCUT2D eigenvalue weighted by Gasteiger charge is 2.31. The molecular weight excluding hydrogens is 532 g/mol. The van der Waals surface area contributed by atoms with E-state index < -0.39 is 29.4 Å². The van der Waals surface area contributed by atoms with Crippen molar-refractivity contribution in [1.82, 2.24) is 4.98 Å². The summed E-state index contributed by atoms with van der Waals surface area (Å²) in [5.74, 6) is -0.275. The van der Waals surface area contributed by atoms with Crippen LogP contribution in [-0.2, 0) is 30.3 Å². The highest BCUT2D eigenvalue weighted by atomic mass is 32.1. The molecule has 1 fully saturated rings. The van der Waals surface area contributed by atoms with Crippen molar-refractivity contribution in [2.24, 2.45) is 0 Å². The van der Waals surface area contributed by atoms with Gasteiger partial charge in [-0.3, -0.25) is 0 Å². The fourth-order valence-corrected chi connectivity index (χ4v) is 4.90. The number of carbonyl (C=O) groups excluding carboxylic acids is 1. The molecule has 0 N–H and O–H groups in total. The van der Waals surface area contributed by atoms with E-state index in [0.29, 0.717) is 22.6 Å². The molecule has 4 nitrogen and oxygen atoms in total. The van der Waals surface area contributed by atoms with E-state index >= 15 is 0 Å². The van der Waals surface area contributed by atoms with E-state index in [1.54, 1.807) is 6.07 Å². The molecule has 38 heavy (non-hydrogen) atoms. The Bertz CT molecular complexity index is 1460. The van der Waals surface area contributed by atoms with E-state index in [2.05, 4.69) is 4.98 Å². The van der Waals surface area contributed by atoms with Crippen LogP contribution in [0.15, 0.2) is 60.7 Å². The van der Waals surface area contributed by atoms with E-state index in [-0.39, 0.29) is 24.5 Å². The lowest BCUT2D eigenvalue weighted by Crippen LogP contribution is -2.10. The van der Waals surface area contributed by atoms with E-state index in [1.165, 1.54) is 41.7 Å². The number of fused-ring (bicyclic) bond motifs is 1. The van der Waals surface area contributed by atoms with Gasteiger partial charge in [0.05, 0.1) is 20.8 Å². The Morgan fingerprint density at radius 3 is 1.89 bits per heavy atom. The summed E-state index contributed by atoms with van der Waals surface area (Å²) in [7, 11) is 0. The fourth-order valence-electron chi connectivity index (χ4n) is 3.76. The van der Waals surface area contributed by atoms with Crippen LogP contribution >= 0.6 is 11.3 Å². The second-order valence-electron chi connectivity index (χ2n) is 8.87. The van der Waals surface area contributed by atoms with E-state index in [1.807, 2.05) is 0 Å². The van der Waals surface area contributed by atoms with Crippen LogP contribution in [0.3, 0.4) is 0 Å². The molecule has 0 radical (unpaired) electrons. The zero-order chi connectivity index (χ0) is 27.1. The summed E-state index contributed by atoms with van der Waals surface area (Å²) < 4.78 is 89.1. The van der Waals surface area contributed by atoms with Crippen molar-refractivity contribution in [3.05, 3.63) is 93.5 Å². The number of hydrogen-bond acceptors (Lipinski definition) is 5. The van der Waals surface area contributed by atoms with Crippen LogP contribution < -0.4 is 4.74 Å². The fraction of sp³-hybridized carbons (Fsp3) is 0.259. The van der Waals surface area contributed by atoms with Crippen molar-refractivity contribution in [3.8, 4) is 5.75 Å². The minimum Gasteiger partial charge on any atom is -0.486 e. The van der Waals surface area contributed by atoms with Crippen molar-refractivity contribution < 1.29 is 40.6 Å². The maximum atomic E-state index is 13.0. The van der Waals surface area contributed by atoms with Crippen LogP contribution in [0.2, 0.25) is 0 Å². The molecule has 0 aliphatic heterocycles. The molecule has 1 aliphatic carbocycles. The first-order valence-corrected chi connectivity index (χ1v) is 12.4. The quantitative estimate of drug-likeness (QED) is 0.172. The van der Waals surface area contributed by atoms with Crippen molar-refractivity contribution in [2.45, 2.75) is 44.3 Å². The summed E-state index contributed by atoms with van der Waals surface area (Å²) in [5, 5.41) is 0.912. The summed E-state index contributed by atoms with van der Waals surface area (Å²) in [5.41, 5.74) is -0.269. The zero-order valence-electron chi connectivity index (χ0n) is 19.5. The monoisotopic (exact) mass is 551 g/mol. The number of alkyl halides is 6. The molecule has 0 spiro atoms. The number of esters is 1. The minimum absolute atomic E-state index is 0.0592. The number of nitrogens with zero attached hydrogens (tertiary/aromatic N) is 1. The average Bonchev–Trinajstić information content (AvgIpc) is 3.63. The molecule has 0 amide bonds. The first-order valence-electron chi connectivity index (χ1n) is 11.5. The van der Waals surface area contributed by atoms with Gasteiger partial charge in [0.15, 0.2) is 5.75 Å². The number of aromatic nitrogens is 1. The standard InChI is InChI=1S/C27H19F6NO3S/c28-26(29,30)18-7-1-15(2-8-18)13-36-23-20(11-12-21-22(23)34-24(38-21)17-5-6-17)25(35)37-14-16-3-9-19(10-4-16)27(31,32)33/h1-4,7-12,17H,5-6,13-14H2. The Labute approximate surface area is 216 Å². The van der Waals surface area contributed by atoms with E-state index in [9.17, 15) is 31.1 Å². The van der Waals surface area contributed by atoms with Gasteiger partial charge in [-0.25, -0.2) is 9.78 Å². The predicted molar refractivity (Wildman–Crippen MR) is 128 cm³/mol. The molecule has 1 aromatic heterocycles. The summed E-state index contributed by atoms with van der Waals surface area (Å²) in [6.07, 6.45) is -6.90. The number of carbonyl (C=O) groups is 1. The van der Waals surface area contributed by atoms with Gasteiger partial charge in [0.25, 0.3) is 0 Å². The van der Waals surface area contributed by atoms with Crippen LogP contribution in [0, 0.1) is 0 Å². The number of rotatable bonds is 7. The van der Waals surface area contributed by atoms with Gasteiger partial charge in [-0.1, -0.05) is 24.3 Å². The second kappa shape index (κ2) is 9.94. The Hall–Kier alpha value is -3.60. The van der Waals surface area contributed by atoms with Gasteiger partial charge < -0.3 is 9.47 Å². The number of halogens is 6. The number of thiazole rings is 1. The van der Waals surface area contributed by atoms with Crippen molar-refractivity contribution in [3.63, 3.8) is 0 Å². The van der Waals surface area contributed by atoms with Crippen molar-refractivity contribution in [1.29, 1.82) is 0 Å². The third kappa shape index (κ3) is 5.77. The molecular formula is C27H19F6NO3S. The van der Waals surface area contributed by atoms with Crippen molar-refractivity contribution in [2.75, 3.05) is 0 Å². The topological polar surface area (TPSA) is 48.4 Å². The van der Waals surface area contributed by atoms with Gasteiger partial charge >= 0.3 is 18.3 Å². The van der Waals surface area contributed by atoms with Gasteiger partial charge in [-0.2, -0.15) is 26.3 Å². The molecule has 0 atom stereocenters. The average molecular weight is 552 g/mol. The third-order valence-corrected chi connectivity index (χ3v) is 7.18. The van der Waals surface area contributed by atoms with Crippen LogP contribution in [0.5, 0.6) is 5.75 Å². The normalized spacial score (nSPS) is 14.1.